The molecule has 82 valence electrons. The Hall–Kier alpha value is -1.35. The van der Waals surface area contributed by atoms with Crippen LogP contribution in [0.5, 0.6) is 0 Å². The number of aromatic nitrogens is 1. The van der Waals surface area contributed by atoms with Gasteiger partial charge in [-0.25, -0.2) is 4.98 Å². The van der Waals surface area contributed by atoms with Crippen LogP contribution in [0.1, 0.15) is 22.6 Å². The molecule has 0 atom stereocenters. The topological polar surface area (TPSA) is 38.9 Å². The zero-order chi connectivity index (χ0) is 11.1. The molecule has 2 aromatic rings. The van der Waals surface area contributed by atoms with Gasteiger partial charge in [0.05, 0.1) is 5.69 Å². The minimum absolute atomic E-state index is 0.854. The molecule has 0 aliphatic heterocycles. The molecule has 0 amide bonds. The Bertz CT molecular complexity index is 521. The molecule has 0 radical (unpaired) electrons. The third kappa shape index (κ3) is 1.52. The quantitative estimate of drug-likeness (QED) is 0.764. The largest absolute Gasteiger partial charge is 0.399 e. The van der Waals surface area contributed by atoms with Crippen molar-refractivity contribution in [3.05, 3.63) is 34.3 Å². The predicted molar refractivity (Wildman–Crippen MR) is 68.7 cm³/mol. The standard InChI is InChI=1S/C13H14N2S/c1-8-7-9(5-6-10(8)14)13-15-11-3-2-4-12(11)16-13/h5-7H,2-4,14H2,1H3. The molecule has 16 heavy (non-hydrogen) atoms. The Kier molecular flexibility index (Phi) is 2.21. The van der Waals surface area contributed by atoms with Gasteiger partial charge in [-0.05, 0) is 49.9 Å². The zero-order valence-corrected chi connectivity index (χ0v) is 10.1. The lowest BCUT2D eigenvalue weighted by Gasteiger charge is -2.02. The second-order valence-electron chi connectivity index (χ2n) is 4.31. The Morgan fingerprint density at radius 1 is 1.31 bits per heavy atom. The number of hydrogen-bond donors (Lipinski definition) is 1. The number of aryl methyl sites for hydroxylation is 3. The molecule has 0 fully saturated rings. The third-order valence-electron chi connectivity index (χ3n) is 3.11. The van der Waals surface area contributed by atoms with Crippen LogP contribution in [0.25, 0.3) is 10.6 Å². The van der Waals surface area contributed by atoms with Gasteiger partial charge in [0.15, 0.2) is 0 Å². The highest BCUT2D eigenvalue weighted by molar-refractivity contribution is 7.15. The van der Waals surface area contributed by atoms with Gasteiger partial charge in [0.2, 0.25) is 0 Å². The van der Waals surface area contributed by atoms with Crippen molar-refractivity contribution in [1.29, 1.82) is 0 Å². The second-order valence-corrected chi connectivity index (χ2v) is 5.40. The van der Waals surface area contributed by atoms with E-state index in [0.29, 0.717) is 0 Å². The van der Waals surface area contributed by atoms with Crippen LogP contribution in [0.4, 0.5) is 5.69 Å². The third-order valence-corrected chi connectivity index (χ3v) is 4.32. The van der Waals surface area contributed by atoms with Crippen molar-refractivity contribution in [2.45, 2.75) is 26.2 Å². The molecule has 2 nitrogen and oxygen atoms in total. The second kappa shape index (κ2) is 3.59. The monoisotopic (exact) mass is 230 g/mol. The minimum atomic E-state index is 0.854. The lowest BCUT2D eigenvalue weighted by atomic mass is 10.1. The van der Waals surface area contributed by atoms with E-state index < -0.39 is 0 Å². The molecule has 1 aromatic heterocycles. The smallest absolute Gasteiger partial charge is 0.123 e. The summed E-state index contributed by atoms with van der Waals surface area (Å²) in [5, 5.41) is 1.15. The van der Waals surface area contributed by atoms with E-state index in [1.54, 1.807) is 0 Å². The van der Waals surface area contributed by atoms with Crippen molar-refractivity contribution in [3.8, 4) is 10.6 Å². The molecule has 1 heterocycles. The van der Waals surface area contributed by atoms with Gasteiger partial charge >= 0.3 is 0 Å². The zero-order valence-electron chi connectivity index (χ0n) is 9.29. The van der Waals surface area contributed by atoms with Crippen LogP contribution in [-0.2, 0) is 12.8 Å². The SMILES string of the molecule is Cc1cc(-c2nc3c(s2)CCC3)ccc1N. The number of nitrogens with zero attached hydrogens (tertiary/aromatic N) is 1. The summed E-state index contributed by atoms with van der Waals surface area (Å²) in [4.78, 5) is 6.19. The Balaban J connectivity index is 2.05. The van der Waals surface area contributed by atoms with E-state index in [1.165, 1.54) is 29.0 Å². The molecule has 0 bridgehead atoms. The van der Waals surface area contributed by atoms with Crippen molar-refractivity contribution in [2.75, 3.05) is 5.73 Å². The predicted octanol–water partition coefficient (Wildman–Crippen LogP) is 3.19. The Labute approximate surface area is 99.1 Å². The molecule has 2 N–H and O–H groups in total. The molecular formula is C13H14N2S. The van der Waals surface area contributed by atoms with E-state index in [0.717, 1.165) is 22.7 Å². The van der Waals surface area contributed by atoms with E-state index in [2.05, 4.69) is 12.1 Å². The van der Waals surface area contributed by atoms with Gasteiger partial charge in [-0.1, -0.05) is 0 Å². The van der Waals surface area contributed by atoms with Crippen LogP contribution in [0, 0.1) is 6.92 Å². The average Bonchev–Trinajstić information content (AvgIpc) is 2.81. The van der Waals surface area contributed by atoms with Crippen molar-refractivity contribution < 1.29 is 0 Å². The molecule has 0 saturated heterocycles. The normalized spacial score (nSPS) is 14.1. The number of anilines is 1. The summed E-state index contributed by atoms with van der Waals surface area (Å²) in [6.45, 7) is 2.04. The van der Waals surface area contributed by atoms with Gasteiger partial charge in [-0.3, -0.25) is 0 Å². The van der Waals surface area contributed by atoms with Crippen molar-refractivity contribution in [1.82, 2.24) is 4.98 Å². The van der Waals surface area contributed by atoms with Crippen LogP contribution in [0.15, 0.2) is 18.2 Å². The summed E-state index contributed by atoms with van der Waals surface area (Å²) in [6.07, 6.45) is 3.63. The molecule has 0 unspecified atom stereocenters. The number of hydrogen-bond acceptors (Lipinski definition) is 3. The fourth-order valence-electron chi connectivity index (χ4n) is 2.12. The van der Waals surface area contributed by atoms with Crippen LogP contribution < -0.4 is 5.73 Å². The first-order chi connectivity index (χ1) is 7.74. The van der Waals surface area contributed by atoms with E-state index in [1.807, 2.05) is 24.3 Å². The Morgan fingerprint density at radius 2 is 2.19 bits per heavy atom. The van der Waals surface area contributed by atoms with Crippen LogP contribution in [0.3, 0.4) is 0 Å². The molecule has 1 aliphatic rings. The summed E-state index contributed by atoms with van der Waals surface area (Å²) in [5.74, 6) is 0. The summed E-state index contributed by atoms with van der Waals surface area (Å²) < 4.78 is 0. The number of fused-ring (bicyclic) bond motifs is 1. The van der Waals surface area contributed by atoms with Crippen molar-refractivity contribution in [2.24, 2.45) is 0 Å². The average molecular weight is 230 g/mol. The van der Waals surface area contributed by atoms with Crippen molar-refractivity contribution in [3.63, 3.8) is 0 Å². The highest BCUT2D eigenvalue weighted by Crippen LogP contribution is 2.34. The van der Waals surface area contributed by atoms with Gasteiger partial charge in [0.25, 0.3) is 0 Å². The van der Waals surface area contributed by atoms with Crippen LogP contribution in [0.2, 0.25) is 0 Å². The van der Waals surface area contributed by atoms with Gasteiger partial charge in [-0.2, -0.15) is 0 Å². The lowest BCUT2D eigenvalue weighted by Crippen LogP contribution is -1.89. The fraction of sp³-hybridized carbons (Fsp3) is 0.308. The van der Waals surface area contributed by atoms with E-state index in [9.17, 15) is 0 Å². The van der Waals surface area contributed by atoms with Gasteiger partial charge in [0.1, 0.15) is 5.01 Å². The number of nitrogens with two attached hydrogens (primary N) is 1. The van der Waals surface area contributed by atoms with E-state index in [4.69, 9.17) is 10.7 Å². The number of nitrogen functional groups attached to an aromatic ring is 1. The maximum Gasteiger partial charge on any atom is 0.123 e. The molecule has 3 heteroatoms. The number of benzene rings is 1. The van der Waals surface area contributed by atoms with Crippen LogP contribution >= 0.6 is 11.3 Å². The summed E-state index contributed by atoms with van der Waals surface area (Å²) >= 11 is 1.84. The van der Waals surface area contributed by atoms with Gasteiger partial charge < -0.3 is 5.73 Å². The van der Waals surface area contributed by atoms with E-state index >= 15 is 0 Å². The fourth-order valence-corrected chi connectivity index (χ4v) is 3.27. The molecule has 0 spiro atoms. The highest BCUT2D eigenvalue weighted by atomic mass is 32.1. The van der Waals surface area contributed by atoms with Crippen molar-refractivity contribution >= 4 is 17.0 Å². The first-order valence-electron chi connectivity index (χ1n) is 5.59. The summed E-state index contributed by atoms with van der Waals surface area (Å²) in [5.41, 5.74) is 10.3. The van der Waals surface area contributed by atoms with Gasteiger partial charge in [-0.15, -0.1) is 11.3 Å². The maximum atomic E-state index is 5.82. The molecule has 3 rings (SSSR count). The van der Waals surface area contributed by atoms with E-state index in [-0.39, 0.29) is 0 Å². The summed E-state index contributed by atoms with van der Waals surface area (Å²) in [7, 11) is 0. The van der Waals surface area contributed by atoms with Gasteiger partial charge in [0, 0.05) is 16.1 Å². The molecule has 0 saturated carbocycles. The molecular weight excluding hydrogens is 216 g/mol. The lowest BCUT2D eigenvalue weighted by molar-refractivity contribution is 0.900. The first kappa shape index (κ1) is 9.85. The Morgan fingerprint density at radius 3 is 2.94 bits per heavy atom. The minimum Gasteiger partial charge on any atom is -0.399 e. The summed E-state index contributed by atoms with van der Waals surface area (Å²) in [6, 6.07) is 6.16. The number of rotatable bonds is 1. The molecule has 1 aliphatic carbocycles. The highest BCUT2D eigenvalue weighted by Gasteiger charge is 2.17. The number of thiazole rings is 1. The first-order valence-corrected chi connectivity index (χ1v) is 6.41. The van der Waals surface area contributed by atoms with Crippen LogP contribution in [-0.4, -0.2) is 4.98 Å². The molecule has 1 aromatic carbocycles. The maximum absolute atomic E-state index is 5.82.